The molecule has 3 aromatic carbocycles. The van der Waals surface area contributed by atoms with Crippen molar-refractivity contribution in [2.75, 3.05) is 20.3 Å². The molecule has 0 aliphatic carbocycles. The molecule has 12 heteroatoms. The number of benzene rings is 3. The van der Waals surface area contributed by atoms with Crippen molar-refractivity contribution in [1.29, 1.82) is 0 Å². The van der Waals surface area contributed by atoms with E-state index in [-0.39, 0.29) is 30.4 Å². The third-order valence-corrected chi connectivity index (χ3v) is 7.30. The summed E-state index contributed by atoms with van der Waals surface area (Å²) in [6.45, 7) is 0.343. The predicted molar refractivity (Wildman–Crippen MR) is 148 cm³/mol. The number of nitro benzene ring substituents is 1. The van der Waals surface area contributed by atoms with Gasteiger partial charge >= 0.3 is 0 Å². The summed E-state index contributed by atoms with van der Waals surface area (Å²) in [6.07, 6.45) is 1.60. The number of hydrogen-bond donors (Lipinski definition) is 0. The van der Waals surface area contributed by atoms with Crippen molar-refractivity contribution < 1.29 is 28.7 Å². The number of nitro groups is 1. The lowest BCUT2D eigenvalue weighted by Gasteiger charge is -2.14. The van der Waals surface area contributed by atoms with E-state index in [4.69, 9.17) is 25.8 Å². The lowest BCUT2D eigenvalue weighted by Crippen LogP contribution is -2.32. The van der Waals surface area contributed by atoms with E-state index in [1.807, 2.05) is 0 Å². The van der Waals surface area contributed by atoms with Crippen molar-refractivity contribution in [2.24, 2.45) is 0 Å². The first-order valence-electron chi connectivity index (χ1n) is 11.1. The number of nitrogens with zero attached hydrogens (tertiary/aromatic N) is 2. The number of carbonyl (C=O) groups is 2. The fraction of sp³-hybridized carbons (Fsp3) is 0.154. The Bertz CT molecular complexity index is 1420. The number of methoxy groups -OCH3 is 1. The summed E-state index contributed by atoms with van der Waals surface area (Å²) < 4.78 is 17.5. The Kier molecular flexibility index (Phi) is 8.93. The molecular weight excluding hydrogens is 600 g/mol. The van der Waals surface area contributed by atoms with E-state index in [1.165, 1.54) is 19.2 Å². The van der Waals surface area contributed by atoms with Gasteiger partial charge in [0.25, 0.3) is 16.8 Å². The van der Waals surface area contributed by atoms with Gasteiger partial charge in [-0.15, -0.1) is 0 Å². The summed E-state index contributed by atoms with van der Waals surface area (Å²) in [5, 5.41) is 10.9. The highest BCUT2D eigenvalue weighted by molar-refractivity contribution is 9.10. The number of ether oxygens (including phenoxy) is 3. The highest BCUT2D eigenvalue weighted by Gasteiger charge is 2.35. The molecule has 4 rings (SSSR count). The van der Waals surface area contributed by atoms with Gasteiger partial charge in [0.05, 0.1) is 28.5 Å². The SMILES string of the molecule is COc1cc(/C=C2\SC(=O)N(CCOc3ccccc3Cl)C2=O)c(Br)cc1OCc1ccc([N+](=O)[O-])cc1. The van der Waals surface area contributed by atoms with Crippen LogP contribution in [0.25, 0.3) is 6.08 Å². The summed E-state index contributed by atoms with van der Waals surface area (Å²) in [7, 11) is 1.48. The Labute approximate surface area is 235 Å². The van der Waals surface area contributed by atoms with Gasteiger partial charge in [-0.3, -0.25) is 24.6 Å². The fourth-order valence-electron chi connectivity index (χ4n) is 3.45. The van der Waals surface area contributed by atoms with Crippen LogP contribution in [0.15, 0.2) is 70.0 Å². The number of non-ortho nitro benzene ring substituents is 1. The molecule has 3 aromatic rings. The Hall–Kier alpha value is -3.54. The number of rotatable bonds is 10. The van der Waals surface area contributed by atoms with Crippen LogP contribution in [0.4, 0.5) is 10.5 Å². The first-order chi connectivity index (χ1) is 18.3. The molecule has 0 radical (unpaired) electrons. The molecule has 9 nitrogen and oxygen atoms in total. The highest BCUT2D eigenvalue weighted by Crippen LogP contribution is 2.38. The molecule has 1 fully saturated rings. The average molecular weight is 620 g/mol. The number of carbonyl (C=O) groups excluding carboxylic acids is 2. The van der Waals surface area contributed by atoms with E-state index < -0.39 is 16.1 Å². The summed E-state index contributed by atoms with van der Waals surface area (Å²) in [4.78, 5) is 37.1. The second kappa shape index (κ2) is 12.3. The maximum absolute atomic E-state index is 12.9. The molecule has 0 N–H and O–H groups in total. The van der Waals surface area contributed by atoms with Gasteiger partial charge in [0.2, 0.25) is 0 Å². The van der Waals surface area contributed by atoms with Crippen LogP contribution in [0.2, 0.25) is 5.02 Å². The Morgan fingerprint density at radius 1 is 1.05 bits per heavy atom. The van der Waals surface area contributed by atoms with Crippen LogP contribution >= 0.6 is 39.3 Å². The third kappa shape index (κ3) is 6.47. The maximum Gasteiger partial charge on any atom is 0.293 e. The number of halogens is 2. The van der Waals surface area contributed by atoms with Crippen molar-refractivity contribution in [3.8, 4) is 17.2 Å². The molecule has 1 aliphatic heterocycles. The largest absolute Gasteiger partial charge is 0.493 e. The van der Waals surface area contributed by atoms with E-state index >= 15 is 0 Å². The number of para-hydroxylation sites is 1. The Morgan fingerprint density at radius 3 is 2.47 bits per heavy atom. The van der Waals surface area contributed by atoms with E-state index in [0.717, 1.165) is 22.2 Å². The van der Waals surface area contributed by atoms with Crippen LogP contribution in [0.5, 0.6) is 17.2 Å². The van der Waals surface area contributed by atoms with Crippen LogP contribution in [-0.4, -0.2) is 41.2 Å². The van der Waals surface area contributed by atoms with Gasteiger partial charge in [-0.05, 0) is 65.4 Å². The van der Waals surface area contributed by atoms with Gasteiger partial charge in [-0.25, -0.2) is 0 Å². The zero-order valence-corrected chi connectivity index (χ0v) is 23.0. The van der Waals surface area contributed by atoms with Crippen molar-refractivity contribution in [3.05, 3.63) is 96.3 Å². The molecule has 1 heterocycles. The maximum atomic E-state index is 12.9. The van der Waals surface area contributed by atoms with Gasteiger partial charge in [-0.1, -0.05) is 39.7 Å². The minimum Gasteiger partial charge on any atom is -0.493 e. The van der Waals surface area contributed by atoms with Crippen molar-refractivity contribution in [1.82, 2.24) is 4.90 Å². The summed E-state index contributed by atoms with van der Waals surface area (Å²) in [6, 6.07) is 16.4. The first kappa shape index (κ1) is 27.5. The van der Waals surface area contributed by atoms with Gasteiger partial charge in [-0.2, -0.15) is 0 Å². The van der Waals surface area contributed by atoms with E-state index in [1.54, 1.807) is 54.6 Å². The van der Waals surface area contributed by atoms with Crippen LogP contribution in [-0.2, 0) is 11.4 Å². The minimum absolute atomic E-state index is 0.00374. The molecule has 196 valence electrons. The average Bonchev–Trinajstić information content (AvgIpc) is 3.17. The van der Waals surface area contributed by atoms with Gasteiger partial charge < -0.3 is 14.2 Å². The topological polar surface area (TPSA) is 108 Å². The van der Waals surface area contributed by atoms with E-state index in [0.29, 0.717) is 32.3 Å². The Balaban J connectivity index is 1.43. The lowest BCUT2D eigenvalue weighted by molar-refractivity contribution is -0.384. The van der Waals surface area contributed by atoms with Crippen LogP contribution in [0.3, 0.4) is 0 Å². The predicted octanol–water partition coefficient (Wildman–Crippen LogP) is 6.71. The third-order valence-electron chi connectivity index (χ3n) is 5.39. The lowest BCUT2D eigenvalue weighted by atomic mass is 10.1. The number of hydrogen-bond acceptors (Lipinski definition) is 8. The first-order valence-corrected chi connectivity index (χ1v) is 13.1. The molecule has 0 spiro atoms. The van der Waals surface area contributed by atoms with Gasteiger partial charge in [0.1, 0.15) is 19.0 Å². The van der Waals surface area contributed by atoms with Crippen molar-refractivity contribution in [2.45, 2.75) is 6.61 Å². The molecule has 0 aromatic heterocycles. The van der Waals surface area contributed by atoms with Gasteiger partial charge in [0, 0.05) is 16.6 Å². The van der Waals surface area contributed by atoms with Crippen molar-refractivity contribution >= 4 is 62.2 Å². The molecular formula is C26H20BrClN2O7S. The molecule has 0 saturated carbocycles. The van der Waals surface area contributed by atoms with Crippen LogP contribution < -0.4 is 14.2 Å². The second-order valence-electron chi connectivity index (χ2n) is 7.85. The quantitative estimate of drug-likeness (QED) is 0.140. The monoisotopic (exact) mass is 618 g/mol. The summed E-state index contributed by atoms with van der Waals surface area (Å²) in [5.74, 6) is 0.893. The zero-order chi connectivity index (χ0) is 27.2. The van der Waals surface area contributed by atoms with E-state index in [2.05, 4.69) is 15.9 Å². The smallest absolute Gasteiger partial charge is 0.293 e. The fourth-order valence-corrected chi connectivity index (χ4v) is 4.93. The normalized spacial score (nSPS) is 14.2. The summed E-state index contributed by atoms with van der Waals surface area (Å²) >= 11 is 10.4. The summed E-state index contributed by atoms with van der Waals surface area (Å²) in [5.41, 5.74) is 1.35. The molecule has 0 bridgehead atoms. The number of imide groups is 1. The molecule has 1 aliphatic rings. The van der Waals surface area contributed by atoms with Crippen LogP contribution in [0, 0.1) is 10.1 Å². The molecule has 1 saturated heterocycles. The molecule has 38 heavy (non-hydrogen) atoms. The molecule has 0 atom stereocenters. The Morgan fingerprint density at radius 2 is 1.79 bits per heavy atom. The molecule has 2 amide bonds. The van der Waals surface area contributed by atoms with Crippen LogP contribution in [0.1, 0.15) is 11.1 Å². The van der Waals surface area contributed by atoms with E-state index in [9.17, 15) is 19.7 Å². The minimum atomic E-state index is -0.466. The van der Waals surface area contributed by atoms with Crippen molar-refractivity contribution in [3.63, 3.8) is 0 Å². The second-order valence-corrected chi connectivity index (χ2v) is 10.1. The highest BCUT2D eigenvalue weighted by atomic mass is 79.9. The zero-order valence-electron chi connectivity index (χ0n) is 19.9. The standard InChI is InChI=1S/C26H20BrClN2O7S/c1-35-22-12-17(19(27)14-23(22)37-15-16-6-8-18(9-7-16)30(33)34)13-24-25(31)29(26(32)38-24)10-11-36-21-5-3-2-4-20(21)28/h2-9,12-14H,10-11,15H2,1H3/b24-13-. The van der Waals surface area contributed by atoms with Gasteiger partial charge in [0.15, 0.2) is 11.5 Å². The number of amides is 2. The number of thioether (sulfide) groups is 1. The molecule has 0 unspecified atom stereocenters.